The van der Waals surface area contributed by atoms with E-state index in [1.165, 1.54) is 43.4 Å². The maximum atomic E-state index is 11.9. The number of carbonyl (C=O) groups is 1. The van der Waals surface area contributed by atoms with Crippen LogP contribution in [0.15, 0.2) is 47.7 Å². The first kappa shape index (κ1) is 21.6. The van der Waals surface area contributed by atoms with Gasteiger partial charge in [-0.3, -0.25) is 4.79 Å². The van der Waals surface area contributed by atoms with E-state index in [1.807, 2.05) is 33.7 Å². The summed E-state index contributed by atoms with van der Waals surface area (Å²) in [6.45, 7) is 0.951. The van der Waals surface area contributed by atoms with E-state index in [9.17, 15) is 4.79 Å². The van der Waals surface area contributed by atoms with E-state index in [2.05, 4.69) is 34.9 Å². The lowest BCUT2D eigenvalue weighted by atomic mass is 9.96. The van der Waals surface area contributed by atoms with Gasteiger partial charge in [-0.2, -0.15) is 0 Å². The van der Waals surface area contributed by atoms with Crippen molar-refractivity contribution < 1.29 is 4.79 Å². The van der Waals surface area contributed by atoms with Crippen molar-refractivity contribution in [2.24, 2.45) is 11.7 Å². The summed E-state index contributed by atoms with van der Waals surface area (Å²) in [7, 11) is 3.98. The van der Waals surface area contributed by atoms with Gasteiger partial charge in [0, 0.05) is 23.2 Å². The third-order valence-electron chi connectivity index (χ3n) is 5.68. The van der Waals surface area contributed by atoms with Crippen molar-refractivity contribution in [3.8, 4) is 0 Å². The lowest BCUT2D eigenvalue weighted by Gasteiger charge is -2.26. The van der Waals surface area contributed by atoms with Crippen LogP contribution in [-0.4, -0.2) is 36.0 Å². The second kappa shape index (κ2) is 11.8. The number of nitrogens with one attached hydrogen (secondary N) is 2. The van der Waals surface area contributed by atoms with Gasteiger partial charge in [0.1, 0.15) is 6.04 Å². The highest BCUT2D eigenvalue weighted by Gasteiger charge is 2.24. The first-order valence-electron chi connectivity index (χ1n) is 10.5. The molecule has 3 aliphatic rings. The molecule has 28 heavy (non-hydrogen) atoms. The molecule has 6 heteroatoms. The molecule has 1 heterocycles. The molecule has 0 aromatic heterocycles. The third kappa shape index (κ3) is 7.05. The second-order valence-corrected chi connectivity index (χ2v) is 10.3. The molecule has 0 saturated heterocycles. The Morgan fingerprint density at radius 3 is 2.75 bits per heavy atom. The van der Waals surface area contributed by atoms with E-state index >= 15 is 0 Å². The Morgan fingerprint density at radius 2 is 1.86 bits per heavy atom. The van der Waals surface area contributed by atoms with E-state index in [0.29, 0.717) is 6.04 Å². The van der Waals surface area contributed by atoms with Crippen molar-refractivity contribution in [1.82, 2.24) is 10.6 Å². The summed E-state index contributed by atoms with van der Waals surface area (Å²) in [6, 6.07) is 0.274. The lowest BCUT2D eigenvalue weighted by Crippen LogP contribution is -2.42. The van der Waals surface area contributed by atoms with Crippen molar-refractivity contribution in [3.05, 3.63) is 47.7 Å². The maximum Gasteiger partial charge on any atom is 0.239 e. The fourth-order valence-electron chi connectivity index (χ4n) is 4.02. The highest BCUT2D eigenvalue weighted by molar-refractivity contribution is 8.76. The summed E-state index contributed by atoms with van der Waals surface area (Å²) in [5, 5.41) is 7.14. The van der Waals surface area contributed by atoms with Gasteiger partial charge in [-0.05, 0) is 55.9 Å². The van der Waals surface area contributed by atoms with Crippen LogP contribution in [0.4, 0.5) is 0 Å². The van der Waals surface area contributed by atoms with Crippen molar-refractivity contribution in [1.29, 1.82) is 0 Å². The summed E-state index contributed by atoms with van der Waals surface area (Å²) in [4.78, 5) is 11.9. The molecule has 3 atom stereocenters. The zero-order valence-corrected chi connectivity index (χ0v) is 18.2. The molecule has 0 aromatic rings. The largest absolute Gasteiger partial charge is 0.374 e. The zero-order chi connectivity index (χ0) is 19.6. The van der Waals surface area contributed by atoms with Crippen LogP contribution in [0.5, 0.6) is 0 Å². The van der Waals surface area contributed by atoms with E-state index < -0.39 is 0 Å². The molecule has 4 nitrogen and oxygen atoms in total. The molecule has 1 amide bonds. The van der Waals surface area contributed by atoms with E-state index in [1.54, 1.807) is 0 Å². The van der Waals surface area contributed by atoms with Crippen molar-refractivity contribution in [2.45, 2.75) is 57.0 Å². The van der Waals surface area contributed by atoms with E-state index in [4.69, 9.17) is 5.73 Å². The first-order chi connectivity index (χ1) is 13.7. The summed E-state index contributed by atoms with van der Waals surface area (Å²) >= 11 is 0. The average molecular weight is 420 g/mol. The number of nitrogens with two attached hydrogens (primary N) is 1. The highest BCUT2D eigenvalue weighted by atomic mass is 33.1. The Balaban J connectivity index is 1.71. The minimum Gasteiger partial charge on any atom is -0.374 e. The van der Waals surface area contributed by atoms with Crippen LogP contribution in [0, 0.1) is 5.92 Å². The molecular weight excluding hydrogens is 386 g/mol. The van der Waals surface area contributed by atoms with Crippen LogP contribution >= 0.6 is 21.6 Å². The van der Waals surface area contributed by atoms with Crippen molar-refractivity contribution in [3.63, 3.8) is 0 Å². The SMILES string of the molecule is NC(=O)C1CCCNC2CCCCCC2CSSCC2=C\C=C/C=C(/C=C\2)N1. The summed E-state index contributed by atoms with van der Waals surface area (Å²) < 4.78 is 0. The maximum absolute atomic E-state index is 11.9. The number of amides is 1. The van der Waals surface area contributed by atoms with Crippen LogP contribution in [0.1, 0.15) is 44.9 Å². The minimum atomic E-state index is -0.333. The van der Waals surface area contributed by atoms with Gasteiger partial charge in [-0.15, -0.1) is 0 Å². The van der Waals surface area contributed by atoms with Gasteiger partial charge in [0.25, 0.3) is 0 Å². The zero-order valence-electron chi connectivity index (χ0n) is 16.6. The Kier molecular flexibility index (Phi) is 9.09. The number of hydrogen-bond donors (Lipinski definition) is 3. The van der Waals surface area contributed by atoms with Gasteiger partial charge >= 0.3 is 0 Å². The predicted molar refractivity (Wildman–Crippen MR) is 123 cm³/mol. The lowest BCUT2D eigenvalue weighted by molar-refractivity contribution is -0.120. The Morgan fingerprint density at radius 1 is 1.00 bits per heavy atom. The first-order valence-corrected chi connectivity index (χ1v) is 13.0. The van der Waals surface area contributed by atoms with Gasteiger partial charge in [0.15, 0.2) is 0 Å². The van der Waals surface area contributed by atoms with Crippen LogP contribution in [0.3, 0.4) is 0 Å². The van der Waals surface area contributed by atoms with Crippen LogP contribution in [-0.2, 0) is 4.79 Å². The van der Waals surface area contributed by atoms with Crippen LogP contribution in [0.25, 0.3) is 0 Å². The second-order valence-electron chi connectivity index (χ2n) is 7.83. The molecular formula is C22H33N3OS2. The minimum absolute atomic E-state index is 0.281. The third-order valence-corrected chi connectivity index (χ3v) is 8.13. The number of allylic oxidation sites excluding steroid dienone is 6. The highest BCUT2D eigenvalue weighted by Crippen LogP contribution is 2.32. The Hall–Kier alpha value is -1.11. The van der Waals surface area contributed by atoms with E-state index in [-0.39, 0.29) is 11.9 Å². The quantitative estimate of drug-likeness (QED) is 0.559. The number of hydrogen-bond acceptors (Lipinski definition) is 5. The molecule has 0 radical (unpaired) electrons. The topological polar surface area (TPSA) is 67.2 Å². The van der Waals surface area contributed by atoms with Crippen LogP contribution < -0.4 is 16.4 Å². The molecule has 1 fully saturated rings. The smallest absolute Gasteiger partial charge is 0.239 e. The number of primary amides is 1. The normalized spacial score (nSPS) is 36.1. The standard InChI is InChI=1S/C22H33N3OS2/c23-22(26)21-11-6-14-24-20-10-3-1-2-8-18(20)16-28-27-15-17-7-4-5-9-19(25-21)13-12-17/h4-5,7,9,12-13,18,20-21,24-25H,1-3,6,8,10-11,14-16H2,(H2,23,26)/b5-4-,7-4?,9-5?,13-12-,17-7-,17-12?,19-9-,19-13?. The van der Waals surface area contributed by atoms with Gasteiger partial charge < -0.3 is 16.4 Å². The Labute approximate surface area is 177 Å². The van der Waals surface area contributed by atoms with E-state index in [0.717, 1.165) is 36.8 Å². The molecule has 0 aromatic carbocycles. The number of fused-ring (bicyclic) bond motifs is 3. The summed E-state index contributed by atoms with van der Waals surface area (Å²) in [5.41, 5.74) is 7.90. The average Bonchev–Trinajstić information content (AvgIpc) is 2.89. The van der Waals surface area contributed by atoms with Crippen molar-refractivity contribution in [2.75, 3.05) is 18.1 Å². The van der Waals surface area contributed by atoms with Gasteiger partial charge in [0.05, 0.1) is 0 Å². The summed E-state index contributed by atoms with van der Waals surface area (Å²) in [5.74, 6) is 2.67. The molecule has 4 N–H and O–H groups in total. The Bertz CT molecular complexity index is 642. The fourth-order valence-corrected chi connectivity index (χ4v) is 6.57. The van der Waals surface area contributed by atoms with Gasteiger partial charge in [-0.25, -0.2) is 0 Å². The molecule has 2 bridgehead atoms. The molecule has 1 aliphatic heterocycles. The van der Waals surface area contributed by atoms with Gasteiger partial charge in [0.2, 0.25) is 5.91 Å². The molecule has 0 spiro atoms. The number of rotatable bonds is 1. The molecule has 3 rings (SSSR count). The molecule has 154 valence electrons. The molecule has 2 aliphatic carbocycles. The number of carbonyl (C=O) groups excluding carboxylic acids is 1. The van der Waals surface area contributed by atoms with Crippen molar-refractivity contribution >= 4 is 27.5 Å². The predicted octanol–water partition coefficient (Wildman–Crippen LogP) is 4.08. The van der Waals surface area contributed by atoms with Gasteiger partial charge in [-0.1, -0.05) is 65.2 Å². The molecule has 1 saturated carbocycles. The fraction of sp³-hybridized carbons (Fsp3) is 0.591. The summed E-state index contributed by atoms with van der Waals surface area (Å²) in [6.07, 6.45) is 20.8. The molecule has 3 unspecified atom stereocenters. The van der Waals surface area contributed by atoms with Crippen LogP contribution in [0.2, 0.25) is 0 Å². The monoisotopic (exact) mass is 419 g/mol.